The molecule has 1 aromatic carbocycles. The minimum absolute atomic E-state index is 0.0196. The number of nitrogens with two attached hydrogens (primary N) is 1. The zero-order valence-electron chi connectivity index (χ0n) is 13.4. The predicted octanol–water partition coefficient (Wildman–Crippen LogP) is 2.95. The summed E-state index contributed by atoms with van der Waals surface area (Å²) in [6.07, 6.45) is 0. The average molecular weight is 315 g/mol. The highest BCUT2D eigenvalue weighted by molar-refractivity contribution is 6.31. The van der Waals surface area contributed by atoms with E-state index < -0.39 is 0 Å². The van der Waals surface area contributed by atoms with Gasteiger partial charge in [0.2, 0.25) is 0 Å². The fraction of sp³-hybridized carbons (Fsp3) is 0.625. The molecule has 1 unspecified atom stereocenters. The zero-order chi connectivity index (χ0) is 15.8. The second-order valence-electron chi connectivity index (χ2n) is 5.49. The van der Waals surface area contributed by atoms with Crippen LogP contribution in [0.5, 0.6) is 5.75 Å². The van der Waals surface area contributed by atoms with Crippen molar-refractivity contribution in [1.82, 2.24) is 4.90 Å². The quantitative estimate of drug-likeness (QED) is 0.761. The number of methoxy groups -OCH3 is 2. The van der Waals surface area contributed by atoms with Gasteiger partial charge in [0.15, 0.2) is 0 Å². The van der Waals surface area contributed by atoms with Crippen molar-refractivity contribution in [3.63, 3.8) is 0 Å². The van der Waals surface area contributed by atoms with Crippen LogP contribution in [0.2, 0.25) is 5.02 Å². The number of ether oxygens (including phenoxy) is 2. The highest BCUT2D eigenvalue weighted by Gasteiger charge is 2.25. The molecular formula is C16H27ClN2O2. The van der Waals surface area contributed by atoms with E-state index in [0.29, 0.717) is 24.1 Å². The van der Waals surface area contributed by atoms with E-state index in [1.54, 1.807) is 14.2 Å². The molecule has 0 fully saturated rings. The Morgan fingerprint density at radius 1 is 1.29 bits per heavy atom. The summed E-state index contributed by atoms with van der Waals surface area (Å²) in [6, 6.07) is 5.71. The fourth-order valence-corrected chi connectivity index (χ4v) is 2.81. The van der Waals surface area contributed by atoms with Crippen molar-refractivity contribution in [3.8, 4) is 5.75 Å². The van der Waals surface area contributed by atoms with Gasteiger partial charge in [-0.05, 0) is 18.1 Å². The molecule has 4 nitrogen and oxygen atoms in total. The molecular weight excluding hydrogens is 288 g/mol. The lowest BCUT2D eigenvalue weighted by Gasteiger charge is -2.33. The molecule has 0 aliphatic rings. The molecule has 0 aromatic heterocycles. The van der Waals surface area contributed by atoms with Crippen LogP contribution in [0.25, 0.3) is 0 Å². The second-order valence-corrected chi connectivity index (χ2v) is 5.90. The SMILES string of the molecule is COCCN(CC(C)C)C(CN)c1c(Cl)cccc1OC. The van der Waals surface area contributed by atoms with E-state index in [9.17, 15) is 0 Å². The third-order valence-corrected chi connectivity index (χ3v) is 3.74. The van der Waals surface area contributed by atoms with Crippen molar-refractivity contribution in [2.75, 3.05) is 40.5 Å². The summed E-state index contributed by atoms with van der Waals surface area (Å²) < 4.78 is 10.7. The Labute approximate surface area is 133 Å². The zero-order valence-corrected chi connectivity index (χ0v) is 14.2. The van der Waals surface area contributed by atoms with E-state index in [4.69, 9.17) is 26.8 Å². The van der Waals surface area contributed by atoms with Gasteiger partial charge in [0, 0.05) is 37.3 Å². The molecule has 21 heavy (non-hydrogen) atoms. The minimum atomic E-state index is 0.0196. The second kappa shape index (κ2) is 9.26. The van der Waals surface area contributed by atoms with Crippen molar-refractivity contribution >= 4 is 11.6 Å². The molecule has 0 radical (unpaired) electrons. The van der Waals surface area contributed by atoms with Crippen molar-refractivity contribution < 1.29 is 9.47 Å². The van der Waals surface area contributed by atoms with Crippen LogP contribution in [-0.2, 0) is 4.74 Å². The highest BCUT2D eigenvalue weighted by atomic mass is 35.5. The van der Waals surface area contributed by atoms with E-state index in [2.05, 4.69) is 18.7 Å². The maximum Gasteiger partial charge on any atom is 0.125 e. The summed E-state index contributed by atoms with van der Waals surface area (Å²) >= 11 is 6.40. The molecule has 0 aliphatic carbocycles. The monoisotopic (exact) mass is 314 g/mol. The maximum absolute atomic E-state index is 6.40. The Hall–Kier alpha value is -0.810. The first-order valence-electron chi connectivity index (χ1n) is 7.30. The van der Waals surface area contributed by atoms with Crippen LogP contribution in [0.4, 0.5) is 0 Å². The summed E-state index contributed by atoms with van der Waals surface area (Å²) in [4.78, 5) is 2.32. The molecule has 1 rings (SSSR count). The Kier molecular flexibility index (Phi) is 8.04. The molecule has 2 N–H and O–H groups in total. The molecule has 0 saturated heterocycles. The average Bonchev–Trinajstić information content (AvgIpc) is 2.46. The third kappa shape index (κ3) is 5.15. The highest BCUT2D eigenvalue weighted by Crippen LogP contribution is 2.35. The molecule has 0 heterocycles. The Morgan fingerprint density at radius 2 is 2.00 bits per heavy atom. The van der Waals surface area contributed by atoms with Crippen LogP contribution < -0.4 is 10.5 Å². The van der Waals surface area contributed by atoms with Gasteiger partial charge in [-0.1, -0.05) is 31.5 Å². The molecule has 0 aliphatic heterocycles. The van der Waals surface area contributed by atoms with Gasteiger partial charge in [0.05, 0.1) is 19.8 Å². The summed E-state index contributed by atoms with van der Waals surface area (Å²) in [5, 5.41) is 0.691. The van der Waals surface area contributed by atoms with Gasteiger partial charge in [-0.2, -0.15) is 0 Å². The van der Waals surface area contributed by atoms with Gasteiger partial charge in [0.1, 0.15) is 5.75 Å². The van der Waals surface area contributed by atoms with E-state index in [1.165, 1.54) is 0 Å². The predicted molar refractivity (Wildman–Crippen MR) is 88.1 cm³/mol. The normalized spacial score (nSPS) is 13.0. The molecule has 0 saturated carbocycles. The number of nitrogens with zero attached hydrogens (tertiary/aromatic N) is 1. The first-order valence-corrected chi connectivity index (χ1v) is 7.68. The van der Waals surface area contributed by atoms with Gasteiger partial charge in [-0.3, -0.25) is 4.90 Å². The number of hydrogen-bond acceptors (Lipinski definition) is 4. The summed E-state index contributed by atoms with van der Waals surface area (Å²) in [7, 11) is 3.37. The maximum atomic E-state index is 6.40. The number of hydrogen-bond donors (Lipinski definition) is 1. The van der Waals surface area contributed by atoms with Crippen LogP contribution in [0.15, 0.2) is 18.2 Å². The Balaban J connectivity index is 3.12. The van der Waals surface area contributed by atoms with E-state index in [1.807, 2.05) is 18.2 Å². The fourth-order valence-electron chi connectivity index (χ4n) is 2.52. The van der Waals surface area contributed by atoms with Gasteiger partial charge >= 0.3 is 0 Å². The molecule has 120 valence electrons. The topological polar surface area (TPSA) is 47.7 Å². The van der Waals surface area contributed by atoms with Crippen LogP contribution in [-0.4, -0.2) is 45.4 Å². The summed E-state index contributed by atoms with van der Waals surface area (Å²) in [6.45, 7) is 7.27. The van der Waals surface area contributed by atoms with E-state index >= 15 is 0 Å². The lowest BCUT2D eigenvalue weighted by molar-refractivity contribution is 0.111. The standard InChI is InChI=1S/C16H27ClN2O2/c1-12(2)11-19(8-9-20-3)14(10-18)16-13(17)6-5-7-15(16)21-4/h5-7,12,14H,8-11,18H2,1-4H3. The number of halogens is 1. The van der Waals surface area contributed by atoms with E-state index in [0.717, 1.165) is 24.4 Å². The van der Waals surface area contributed by atoms with Gasteiger partial charge < -0.3 is 15.2 Å². The number of rotatable bonds is 9. The first kappa shape index (κ1) is 18.2. The van der Waals surface area contributed by atoms with Crippen LogP contribution in [0.3, 0.4) is 0 Å². The summed E-state index contributed by atoms with van der Waals surface area (Å²) in [5.41, 5.74) is 7.01. The van der Waals surface area contributed by atoms with Crippen molar-refractivity contribution in [2.45, 2.75) is 19.9 Å². The number of benzene rings is 1. The smallest absolute Gasteiger partial charge is 0.125 e. The summed E-state index contributed by atoms with van der Waals surface area (Å²) in [5.74, 6) is 1.31. The molecule has 5 heteroatoms. The van der Waals surface area contributed by atoms with Gasteiger partial charge in [-0.15, -0.1) is 0 Å². The van der Waals surface area contributed by atoms with Gasteiger partial charge in [0.25, 0.3) is 0 Å². The lowest BCUT2D eigenvalue weighted by Crippen LogP contribution is -2.38. The Morgan fingerprint density at radius 3 is 2.52 bits per heavy atom. The van der Waals surface area contributed by atoms with Crippen molar-refractivity contribution in [1.29, 1.82) is 0 Å². The molecule has 1 aromatic rings. The largest absolute Gasteiger partial charge is 0.496 e. The van der Waals surface area contributed by atoms with Crippen molar-refractivity contribution in [2.24, 2.45) is 11.7 Å². The third-order valence-electron chi connectivity index (χ3n) is 3.41. The van der Waals surface area contributed by atoms with Gasteiger partial charge in [-0.25, -0.2) is 0 Å². The van der Waals surface area contributed by atoms with Crippen LogP contribution in [0.1, 0.15) is 25.5 Å². The first-order chi connectivity index (χ1) is 10.0. The van der Waals surface area contributed by atoms with E-state index in [-0.39, 0.29) is 6.04 Å². The molecule has 1 atom stereocenters. The van der Waals surface area contributed by atoms with Crippen LogP contribution >= 0.6 is 11.6 Å². The Bertz CT molecular complexity index is 427. The van der Waals surface area contributed by atoms with Crippen molar-refractivity contribution in [3.05, 3.63) is 28.8 Å². The lowest BCUT2D eigenvalue weighted by atomic mass is 10.0. The van der Waals surface area contributed by atoms with Crippen LogP contribution in [0, 0.1) is 5.92 Å². The molecule has 0 spiro atoms. The minimum Gasteiger partial charge on any atom is -0.496 e. The molecule has 0 bridgehead atoms. The molecule has 0 amide bonds.